The molecule has 4 aliphatic rings. The number of imide groups is 4. The molecule has 0 aromatic heterocycles. The number of carbonyl (C=O) groups excluding carboxylic acids is 5. The van der Waals surface area contributed by atoms with Crippen molar-refractivity contribution in [2.45, 2.75) is 24.2 Å². The Morgan fingerprint density at radius 2 is 1.58 bits per heavy atom. The predicted octanol–water partition coefficient (Wildman–Crippen LogP) is 5.47. The molecule has 12 nitrogen and oxygen atoms in total. The molecular weight excluding hydrogens is 689 g/mol. The summed E-state index contributed by atoms with van der Waals surface area (Å²) in [6.45, 7) is 0. The van der Waals surface area contributed by atoms with Crippen molar-refractivity contribution in [3.05, 3.63) is 93.5 Å². The molecule has 2 saturated heterocycles. The monoisotopic (exact) mass is 719 g/mol. The fourth-order valence-corrected chi connectivity index (χ4v) is 8.80. The number of hydrogen-bond donors (Lipinski definition) is 2. The number of phenolic OH excluding ortho intramolecular Hbond substituents is 1. The van der Waals surface area contributed by atoms with Crippen LogP contribution in [0.2, 0.25) is 10.0 Å². The molecule has 7 rings (SSSR count). The van der Waals surface area contributed by atoms with Gasteiger partial charge in [0.1, 0.15) is 17.2 Å². The number of carbonyl (C=O) groups is 5. The first-order valence-corrected chi connectivity index (χ1v) is 16.5. The molecule has 0 radical (unpaired) electrons. The van der Waals surface area contributed by atoms with Crippen molar-refractivity contribution in [2.75, 3.05) is 26.8 Å². The minimum atomic E-state index is -1.68. The summed E-state index contributed by atoms with van der Waals surface area (Å²) < 4.78 is 15.5. The summed E-state index contributed by atoms with van der Waals surface area (Å²) in [5, 5.41) is 13.0. The highest BCUT2D eigenvalue weighted by Gasteiger charge is 2.71. The quantitative estimate of drug-likeness (QED) is 0.248. The highest BCUT2D eigenvalue weighted by molar-refractivity contribution is 6.36. The molecule has 2 heterocycles. The number of amides is 5. The predicted molar refractivity (Wildman–Crippen MR) is 180 cm³/mol. The molecule has 6 atom stereocenters. The van der Waals surface area contributed by atoms with Gasteiger partial charge < -0.3 is 19.3 Å². The summed E-state index contributed by atoms with van der Waals surface area (Å²) in [7, 11) is 4.04. The van der Waals surface area contributed by atoms with Gasteiger partial charge in [-0.15, -0.1) is 0 Å². The van der Waals surface area contributed by atoms with E-state index in [0.717, 1.165) is 12.1 Å². The van der Waals surface area contributed by atoms with Crippen LogP contribution >= 0.6 is 23.2 Å². The van der Waals surface area contributed by atoms with Crippen molar-refractivity contribution in [3.63, 3.8) is 0 Å². The standard InChI is InChI=1S/C36H31Cl2N3O9/c1-48-19-7-4-17(5-8-19)36-25(32(44)41(34(36)46)39-27-13-6-18(37)14-26(27)38)16-24-21(30(36)22-10-9-20(49-2)15-28(22)42)11-12-23-29(24)33(45)40(31(23)43)35(47)50-3/h4-11,13-15,23-25,29-30,39,42H,12,16H2,1-3H3/t23-,24+,25-,29-,30+,36+/m0/s1. The minimum absolute atomic E-state index is 0.0302. The molecule has 2 aliphatic heterocycles. The zero-order valence-corrected chi connectivity index (χ0v) is 28.5. The number of phenols is 1. The van der Waals surface area contributed by atoms with Crippen LogP contribution < -0.4 is 14.9 Å². The molecule has 50 heavy (non-hydrogen) atoms. The van der Waals surface area contributed by atoms with Gasteiger partial charge in [-0.1, -0.05) is 53.1 Å². The van der Waals surface area contributed by atoms with Gasteiger partial charge in [0.2, 0.25) is 11.8 Å². The van der Waals surface area contributed by atoms with E-state index in [1.807, 2.05) is 0 Å². The van der Waals surface area contributed by atoms with Gasteiger partial charge in [0.25, 0.3) is 11.8 Å². The highest BCUT2D eigenvalue weighted by Crippen LogP contribution is 2.65. The number of benzene rings is 3. The first-order valence-electron chi connectivity index (χ1n) is 15.7. The van der Waals surface area contributed by atoms with Gasteiger partial charge in [-0.3, -0.25) is 24.6 Å². The Kier molecular flexibility index (Phi) is 8.26. The molecule has 0 bridgehead atoms. The van der Waals surface area contributed by atoms with Crippen LogP contribution in [0.3, 0.4) is 0 Å². The number of hydrogen-bond acceptors (Lipinski definition) is 10. The third kappa shape index (κ3) is 4.76. The zero-order chi connectivity index (χ0) is 35.6. The molecule has 3 fully saturated rings. The van der Waals surface area contributed by atoms with E-state index in [1.165, 1.54) is 32.4 Å². The van der Waals surface area contributed by atoms with E-state index < -0.39 is 64.7 Å². The number of anilines is 1. The molecule has 2 N–H and O–H groups in total. The maximum atomic E-state index is 15.2. The molecule has 1 saturated carbocycles. The number of fused-ring (bicyclic) bond motifs is 4. The van der Waals surface area contributed by atoms with Crippen LogP contribution in [-0.2, 0) is 29.3 Å². The molecule has 0 unspecified atom stereocenters. The van der Waals surface area contributed by atoms with E-state index in [1.54, 1.807) is 48.5 Å². The van der Waals surface area contributed by atoms with Crippen molar-refractivity contribution in [1.29, 1.82) is 0 Å². The Labute approximate surface area is 296 Å². The Morgan fingerprint density at radius 3 is 2.22 bits per heavy atom. The van der Waals surface area contributed by atoms with Crippen LogP contribution in [0.15, 0.2) is 72.3 Å². The second-order valence-electron chi connectivity index (χ2n) is 12.6. The first-order chi connectivity index (χ1) is 24.0. The number of ether oxygens (including phenoxy) is 3. The summed E-state index contributed by atoms with van der Waals surface area (Å²) in [6, 6.07) is 16.0. The van der Waals surface area contributed by atoms with Gasteiger partial charge in [0, 0.05) is 22.6 Å². The number of likely N-dealkylation sites (tertiary alicyclic amines) is 1. The molecule has 3 aromatic rings. The fourth-order valence-electron chi connectivity index (χ4n) is 8.35. The van der Waals surface area contributed by atoms with Crippen LogP contribution in [-0.4, -0.2) is 66.1 Å². The van der Waals surface area contributed by atoms with Crippen LogP contribution in [0.25, 0.3) is 0 Å². The number of aromatic hydroxyl groups is 1. The average molecular weight is 721 g/mol. The van der Waals surface area contributed by atoms with E-state index in [2.05, 4.69) is 5.43 Å². The van der Waals surface area contributed by atoms with E-state index >= 15 is 4.79 Å². The lowest BCUT2D eigenvalue weighted by Gasteiger charge is -2.50. The van der Waals surface area contributed by atoms with Crippen molar-refractivity contribution in [3.8, 4) is 17.2 Å². The molecule has 3 aromatic carbocycles. The Bertz CT molecular complexity index is 2000. The van der Waals surface area contributed by atoms with Crippen LogP contribution in [0.4, 0.5) is 10.5 Å². The molecule has 14 heteroatoms. The van der Waals surface area contributed by atoms with Gasteiger partial charge >= 0.3 is 6.09 Å². The summed E-state index contributed by atoms with van der Waals surface area (Å²) in [5.74, 6) is -6.83. The number of rotatable bonds is 6. The largest absolute Gasteiger partial charge is 0.508 e. The lowest BCUT2D eigenvalue weighted by molar-refractivity contribution is -0.140. The molecule has 5 amide bonds. The highest BCUT2D eigenvalue weighted by atomic mass is 35.5. The summed E-state index contributed by atoms with van der Waals surface area (Å²) in [6.07, 6.45) is 0.760. The first kappa shape index (κ1) is 33.4. The number of hydrazine groups is 1. The average Bonchev–Trinajstić information content (AvgIpc) is 3.49. The third-order valence-electron chi connectivity index (χ3n) is 10.5. The number of nitrogens with zero attached hydrogens (tertiary/aromatic N) is 2. The van der Waals surface area contributed by atoms with Gasteiger partial charge in [-0.25, -0.2) is 4.79 Å². The van der Waals surface area contributed by atoms with Crippen molar-refractivity contribution >= 4 is 58.6 Å². The Hall–Kier alpha value is -5.07. The maximum Gasteiger partial charge on any atom is 0.423 e. The number of halogens is 2. The number of allylic oxidation sites excluding steroid dienone is 2. The van der Waals surface area contributed by atoms with Crippen molar-refractivity contribution in [2.24, 2.45) is 23.7 Å². The van der Waals surface area contributed by atoms with Gasteiger partial charge in [-0.2, -0.15) is 9.91 Å². The van der Waals surface area contributed by atoms with Crippen molar-refractivity contribution in [1.82, 2.24) is 9.91 Å². The molecule has 258 valence electrons. The fraction of sp³-hybridized carbons (Fsp3) is 0.306. The number of nitrogens with one attached hydrogen (secondary N) is 1. The van der Waals surface area contributed by atoms with Gasteiger partial charge in [-0.05, 0) is 60.7 Å². The lowest BCUT2D eigenvalue weighted by atomic mass is 9.49. The minimum Gasteiger partial charge on any atom is -0.508 e. The lowest BCUT2D eigenvalue weighted by Crippen LogP contribution is -2.53. The normalized spacial score (nSPS) is 27.0. The summed E-state index contributed by atoms with van der Waals surface area (Å²) >= 11 is 12.6. The van der Waals surface area contributed by atoms with E-state index in [-0.39, 0.29) is 29.3 Å². The van der Waals surface area contributed by atoms with Crippen LogP contribution in [0.5, 0.6) is 17.2 Å². The Morgan fingerprint density at radius 1 is 0.880 bits per heavy atom. The smallest absolute Gasteiger partial charge is 0.423 e. The van der Waals surface area contributed by atoms with Crippen molar-refractivity contribution < 1.29 is 43.3 Å². The van der Waals surface area contributed by atoms with Crippen LogP contribution in [0, 0.1) is 23.7 Å². The zero-order valence-electron chi connectivity index (χ0n) is 27.0. The number of methoxy groups -OCH3 is 3. The molecule has 0 spiro atoms. The van der Waals surface area contributed by atoms with Gasteiger partial charge in [0.05, 0.1) is 55.2 Å². The summed E-state index contributed by atoms with van der Waals surface area (Å²) in [5.41, 5.74) is 2.82. The topological polar surface area (TPSA) is 152 Å². The van der Waals surface area contributed by atoms with E-state index in [0.29, 0.717) is 38.1 Å². The van der Waals surface area contributed by atoms with E-state index in [9.17, 15) is 24.3 Å². The molecular formula is C36H31Cl2N3O9. The maximum absolute atomic E-state index is 15.2. The second kappa shape index (κ2) is 12.4. The SMILES string of the molecule is COC(=O)N1C(=O)[C@H]2[C@H](CC=C3[C@H]2C[C@H]2C(=O)N(Nc4ccc(Cl)cc4Cl)C(=O)[C@@]2(c2ccc(OC)cc2)[C@H]3c2ccc(OC)cc2O)C1=O. The van der Waals surface area contributed by atoms with Gasteiger partial charge in [0.15, 0.2) is 0 Å². The third-order valence-corrected chi connectivity index (χ3v) is 11.0. The summed E-state index contributed by atoms with van der Waals surface area (Å²) in [4.78, 5) is 70.5. The van der Waals surface area contributed by atoms with E-state index in [4.69, 9.17) is 37.4 Å². The van der Waals surface area contributed by atoms with Crippen LogP contribution in [0.1, 0.15) is 29.9 Å². The molecule has 2 aliphatic carbocycles. The Balaban J connectivity index is 1.47. The second-order valence-corrected chi connectivity index (χ2v) is 13.5.